The molecule has 2 saturated heterocycles. The molecule has 0 aromatic rings. The summed E-state index contributed by atoms with van der Waals surface area (Å²) in [6.45, 7) is 6.85. The molecule has 2 nitrogen and oxygen atoms in total. The highest BCUT2D eigenvalue weighted by Crippen LogP contribution is 2.38. The Morgan fingerprint density at radius 3 is 3.10 bits per heavy atom. The highest BCUT2D eigenvalue weighted by atomic mass is 32.2. The Morgan fingerprint density at radius 1 is 1.45 bits per heavy atom. The third kappa shape index (κ3) is 3.26. The fraction of sp³-hybridized carbons (Fsp3) is 0.882. The van der Waals surface area contributed by atoms with Gasteiger partial charge in [-0.05, 0) is 56.6 Å². The van der Waals surface area contributed by atoms with E-state index in [2.05, 4.69) is 37.0 Å². The van der Waals surface area contributed by atoms with Crippen molar-refractivity contribution in [1.82, 2.24) is 5.32 Å². The molecule has 0 bridgehead atoms. The number of ether oxygens (including phenoxy) is 1. The highest BCUT2D eigenvalue weighted by molar-refractivity contribution is 7.99. The van der Waals surface area contributed by atoms with Gasteiger partial charge < -0.3 is 10.1 Å². The SMILES string of the molecule is CC1=CCC[C@H](C)[C@@H]1CN[C@H]1CCO[C@@]2(CCSC2)C1. The number of nitrogens with one attached hydrogen (secondary N) is 1. The smallest absolute Gasteiger partial charge is 0.0795 e. The minimum atomic E-state index is 0.212. The zero-order chi connectivity index (χ0) is 14.0. The standard InChI is InChI=1S/C17H29NOS/c1-13-4-3-5-14(2)16(13)11-18-15-6-8-19-17(10-15)7-9-20-12-17/h4,14-16,18H,3,5-12H2,1-2H3/t14-,15-,16+,17-/m0/s1. The predicted molar refractivity (Wildman–Crippen MR) is 87.3 cm³/mol. The van der Waals surface area contributed by atoms with Gasteiger partial charge in [-0.3, -0.25) is 0 Å². The monoisotopic (exact) mass is 295 g/mol. The Balaban J connectivity index is 1.53. The van der Waals surface area contributed by atoms with Gasteiger partial charge in [-0.15, -0.1) is 0 Å². The van der Waals surface area contributed by atoms with Crippen LogP contribution in [0, 0.1) is 11.8 Å². The van der Waals surface area contributed by atoms with Crippen molar-refractivity contribution in [2.75, 3.05) is 24.7 Å². The lowest BCUT2D eigenvalue weighted by atomic mass is 9.79. The minimum absolute atomic E-state index is 0.212. The fourth-order valence-corrected chi connectivity index (χ4v) is 5.47. The van der Waals surface area contributed by atoms with E-state index in [0.29, 0.717) is 6.04 Å². The summed E-state index contributed by atoms with van der Waals surface area (Å²) in [5.74, 6) is 4.09. The topological polar surface area (TPSA) is 21.3 Å². The molecule has 2 aliphatic heterocycles. The van der Waals surface area contributed by atoms with E-state index >= 15 is 0 Å². The van der Waals surface area contributed by atoms with E-state index in [4.69, 9.17) is 4.74 Å². The second-order valence-electron chi connectivity index (χ2n) is 7.04. The first-order valence-corrected chi connectivity index (χ1v) is 9.46. The number of rotatable bonds is 3. The molecule has 2 fully saturated rings. The average Bonchev–Trinajstić information content (AvgIpc) is 2.86. The zero-order valence-electron chi connectivity index (χ0n) is 13.0. The maximum Gasteiger partial charge on any atom is 0.0795 e. The molecule has 4 atom stereocenters. The van der Waals surface area contributed by atoms with Crippen LogP contribution in [0.3, 0.4) is 0 Å². The van der Waals surface area contributed by atoms with E-state index in [-0.39, 0.29) is 5.60 Å². The first-order chi connectivity index (χ1) is 9.69. The first kappa shape index (κ1) is 14.9. The summed E-state index contributed by atoms with van der Waals surface area (Å²) in [6, 6.07) is 0.671. The second kappa shape index (κ2) is 6.41. The number of hydrogen-bond acceptors (Lipinski definition) is 3. The summed E-state index contributed by atoms with van der Waals surface area (Å²) < 4.78 is 6.12. The molecule has 0 radical (unpaired) electrons. The van der Waals surface area contributed by atoms with Gasteiger partial charge in [0.1, 0.15) is 0 Å². The van der Waals surface area contributed by atoms with Gasteiger partial charge >= 0.3 is 0 Å². The Kier molecular flexibility index (Phi) is 4.79. The second-order valence-corrected chi connectivity index (χ2v) is 8.15. The molecule has 1 aliphatic carbocycles. The molecule has 3 rings (SSSR count). The zero-order valence-corrected chi connectivity index (χ0v) is 13.8. The van der Waals surface area contributed by atoms with Crippen molar-refractivity contribution in [2.24, 2.45) is 11.8 Å². The lowest BCUT2D eigenvalue weighted by Crippen LogP contribution is -2.48. The number of thioether (sulfide) groups is 1. The Morgan fingerprint density at radius 2 is 2.35 bits per heavy atom. The van der Waals surface area contributed by atoms with Gasteiger partial charge in [-0.1, -0.05) is 18.6 Å². The van der Waals surface area contributed by atoms with Crippen LogP contribution in [0.2, 0.25) is 0 Å². The van der Waals surface area contributed by atoms with Crippen molar-refractivity contribution in [2.45, 2.75) is 57.6 Å². The largest absolute Gasteiger partial charge is 0.374 e. The van der Waals surface area contributed by atoms with Crippen LogP contribution in [-0.2, 0) is 4.74 Å². The first-order valence-electron chi connectivity index (χ1n) is 8.30. The third-order valence-corrected chi connectivity index (χ3v) is 6.77. The van der Waals surface area contributed by atoms with E-state index in [1.807, 2.05) is 0 Å². The van der Waals surface area contributed by atoms with Crippen LogP contribution in [-0.4, -0.2) is 36.3 Å². The van der Waals surface area contributed by atoms with E-state index in [0.717, 1.165) is 25.0 Å². The quantitative estimate of drug-likeness (QED) is 0.804. The van der Waals surface area contributed by atoms with Crippen molar-refractivity contribution in [3.05, 3.63) is 11.6 Å². The Hall–Kier alpha value is 0.0100. The van der Waals surface area contributed by atoms with Gasteiger partial charge in [0.15, 0.2) is 0 Å². The van der Waals surface area contributed by atoms with E-state index in [1.165, 1.54) is 43.6 Å². The summed E-state index contributed by atoms with van der Waals surface area (Å²) in [5, 5.41) is 3.87. The van der Waals surface area contributed by atoms with Crippen molar-refractivity contribution >= 4 is 11.8 Å². The van der Waals surface area contributed by atoms with Crippen LogP contribution in [0.1, 0.15) is 46.0 Å². The minimum Gasteiger partial charge on any atom is -0.374 e. The van der Waals surface area contributed by atoms with Crippen molar-refractivity contribution < 1.29 is 4.74 Å². The molecule has 2 heterocycles. The summed E-state index contributed by atoms with van der Waals surface area (Å²) >= 11 is 2.07. The van der Waals surface area contributed by atoms with E-state index in [9.17, 15) is 0 Å². The lowest BCUT2D eigenvalue weighted by Gasteiger charge is -2.39. The van der Waals surface area contributed by atoms with Crippen LogP contribution in [0.5, 0.6) is 0 Å². The van der Waals surface area contributed by atoms with Gasteiger partial charge in [0, 0.05) is 24.9 Å². The van der Waals surface area contributed by atoms with Crippen LogP contribution in [0.25, 0.3) is 0 Å². The van der Waals surface area contributed by atoms with Crippen molar-refractivity contribution in [3.8, 4) is 0 Å². The Labute approximate surface area is 128 Å². The maximum atomic E-state index is 6.12. The lowest BCUT2D eigenvalue weighted by molar-refractivity contribution is -0.0704. The van der Waals surface area contributed by atoms with Crippen LogP contribution in [0.4, 0.5) is 0 Å². The molecule has 0 aromatic carbocycles. The fourth-order valence-electron chi connectivity index (χ4n) is 4.10. The molecule has 1 spiro atoms. The van der Waals surface area contributed by atoms with Crippen LogP contribution in [0.15, 0.2) is 11.6 Å². The van der Waals surface area contributed by atoms with Gasteiger partial charge in [-0.2, -0.15) is 11.8 Å². The number of allylic oxidation sites excluding steroid dienone is 1. The van der Waals surface area contributed by atoms with Crippen LogP contribution >= 0.6 is 11.8 Å². The summed E-state index contributed by atoms with van der Waals surface area (Å²) in [7, 11) is 0. The normalized spacial score (nSPS) is 41.9. The molecular formula is C17H29NOS. The molecule has 20 heavy (non-hydrogen) atoms. The maximum absolute atomic E-state index is 6.12. The van der Waals surface area contributed by atoms with E-state index < -0.39 is 0 Å². The average molecular weight is 295 g/mol. The molecule has 3 aliphatic rings. The molecular weight excluding hydrogens is 266 g/mol. The van der Waals surface area contributed by atoms with E-state index in [1.54, 1.807) is 5.57 Å². The summed E-state index contributed by atoms with van der Waals surface area (Å²) in [4.78, 5) is 0. The number of hydrogen-bond donors (Lipinski definition) is 1. The van der Waals surface area contributed by atoms with Gasteiger partial charge in [0.25, 0.3) is 0 Å². The molecule has 0 saturated carbocycles. The van der Waals surface area contributed by atoms with Gasteiger partial charge in [0.2, 0.25) is 0 Å². The molecule has 1 N–H and O–H groups in total. The van der Waals surface area contributed by atoms with Crippen LogP contribution < -0.4 is 5.32 Å². The molecule has 0 unspecified atom stereocenters. The molecule has 0 amide bonds. The molecule has 114 valence electrons. The van der Waals surface area contributed by atoms with Crippen molar-refractivity contribution in [3.63, 3.8) is 0 Å². The summed E-state index contributed by atoms with van der Waals surface area (Å²) in [6.07, 6.45) is 8.76. The highest BCUT2D eigenvalue weighted by Gasteiger charge is 2.40. The molecule has 0 aromatic heterocycles. The van der Waals surface area contributed by atoms with Gasteiger partial charge in [-0.25, -0.2) is 0 Å². The predicted octanol–water partition coefficient (Wildman–Crippen LogP) is 3.62. The van der Waals surface area contributed by atoms with Gasteiger partial charge in [0.05, 0.1) is 5.60 Å². The third-order valence-electron chi connectivity index (χ3n) is 5.55. The summed E-state index contributed by atoms with van der Waals surface area (Å²) in [5.41, 5.74) is 1.82. The molecule has 3 heteroatoms. The Bertz CT molecular complexity index is 362. The van der Waals surface area contributed by atoms with Crippen molar-refractivity contribution in [1.29, 1.82) is 0 Å².